The number of amides is 1. The molecule has 0 N–H and O–H groups in total. The van der Waals surface area contributed by atoms with Crippen LogP contribution in [0.2, 0.25) is 0 Å². The van der Waals surface area contributed by atoms with Crippen LogP contribution in [0.4, 0.5) is 0 Å². The lowest BCUT2D eigenvalue weighted by Gasteiger charge is -2.35. The zero-order valence-corrected chi connectivity index (χ0v) is 16.8. The number of hydrogen-bond acceptors (Lipinski definition) is 5. The summed E-state index contributed by atoms with van der Waals surface area (Å²) in [5, 5.41) is 0. The first kappa shape index (κ1) is 20.0. The topological polar surface area (TPSA) is 45.3 Å². The summed E-state index contributed by atoms with van der Waals surface area (Å²) in [7, 11) is 0. The number of ether oxygens (including phenoxy) is 2. The first-order valence-electron chi connectivity index (χ1n) is 10.3. The summed E-state index contributed by atoms with van der Waals surface area (Å²) in [6.45, 7) is 12.3. The molecule has 0 bridgehead atoms. The van der Waals surface area contributed by atoms with E-state index >= 15 is 0 Å². The van der Waals surface area contributed by atoms with E-state index < -0.39 is 0 Å². The van der Waals surface area contributed by atoms with Crippen LogP contribution in [-0.4, -0.2) is 73.2 Å². The molecule has 1 fully saturated rings. The van der Waals surface area contributed by atoms with Crippen LogP contribution in [0.3, 0.4) is 0 Å². The summed E-state index contributed by atoms with van der Waals surface area (Å²) in [5.41, 5.74) is 1.26. The molecule has 0 atom stereocenters. The van der Waals surface area contributed by atoms with E-state index in [0.29, 0.717) is 19.1 Å². The third-order valence-electron chi connectivity index (χ3n) is 5.29. The Morgan fingerprint density at radius 3 is 2.37 bits per heavy atom. The Bertz CT molecular complexity index is 609. The lowest BCUT2D eigenvalue weighted by Crippen LogP contribution is -2.47. The van der Waals surface area contributed by atoms with Crippen LogP contribution in [0.15, 0.2) is 18.2 Å². The van der Waals surface area contributed by atoms with E-state index in [1.54, 1.807) is 0 Å². The monoisotopic (exact) mass is 375 g/mol. The lowest BCUT2D eigenvalue weighted by molar-refractivity contribution is -0.131. The van der Waals surface area contributed by atoms with Gasteiger partial charge >= 0.3 is 0 Å². The van der Waals surface area contributed by atoms with E-state index in [0.717, 1.165) is 76.7 Å². The van der Waals surface area contributed by atoms with Crippen LogP contribution in [-0.2, 0) is 11.3 Å². The molecule has 2 aliphatic rings. The number of rotatable bonds is 9. The second kappa shape index (κ2) is 9.95. The summed E-state index contributed by atoms with van der Waals surface area (Å²) in [5.74, 6) is 2.00. The molecular formula is C21H33N3O3. The van der Waals surface area contributed by atoms with Crippen LogP contribution in [0.5, 0.6) is 11.5 Å². The molecule has 1 saturated heterocycles. The Hall–Kier alpha value is -1.79. The molecule has 1 amide bonds. The van der Waals surface area contributed by atoms with Gasteiger partial charge < -0.3 is 19.3 Å². The molecule has 2 heterocycles. The SMILES string of the molecule is CCCN(CCC)C(=O)CCN1CCN(Cc2ccc3c(c2)OCO3)CC1. The highest BCUT2D eigenvalue weighted by molar-refractivity contribution is 5.76. The Balaban J connectivity index is 1.39. The van der Waals surface area contributed by atoms with Gasteiger partial charge in [0.15, 0.2) is 11.5 Å². The number of fused-ring (bicyclic) bond motifs is 1. The highest BCUT2D eigenvalue weighted by atomic mass is 16.7. The van der Waals surface area contributed by atoms with Crippen molar-refractivity contribution in [3.8, 4) is 11.5 Å². The van der Waals surface area contributed by atoms with Gasteiger partial charge in [-0.15, -0.1) is 0 Å². The minimum atomic E-state index is 0.307. The van der Waals surface area contributed by atoms with E-state index in [1.807, 2.05) is 11.0 Å². The van der Waals surface area contributed by atoms with Gasteiger partial charge in [0.05, 0.1) is 0 Å². The lowest BCUT2D eigenvalue weighted by atomic mass is 10.1. The predicted octanol–water partition coefficient (Wildman–Crippen LogP) is 2.57. The van der Waals surface area contributed by atoms with Gasteiger partial charge in [-0.25, -0.2) is 0 Å². The van der Waals surface area contributed by atoms with Crippen molar-refractivity contribution in [3.63, 3.8) is 0 Å². The molecule has 1 aromatic carbocycles. The maximum atomic E-state index is 12.4. The van der Waals surface area contributed by atoms with Gasteiger partial charge in [-0.1, -0.05) is 19.9 Å². The third kappa shape index (κ3) is 5.59. The van der Waals surface area contributed by atoms with Crippen molar-refractivity contribution in [1.29, 1.82) is 0 Å². The molecule has 0 aliphatic carbocycles. The van der Waals surface area contributed by atoms with Gasteiger partial charge in [-0.2, -0.15) is 0 Å². The van der Waals surface area contributed by atoms with Crippen molar-refractivity contribution in [2.45, 2.75) is 39.7 Å². The van der Waals surface area contributed by atoms with Crippen molar-refractivity contribution in [2.75, 3.05) is 52.6 Å². The second-order valence-electron chi connectivity index (χ2n) is 7.44. The van der Waals surface area contributed by atoms with E-state index in [4.69, 9.17) is 9.47 Å². The zero-order valence-electron chi connectivity index (χ0n) is 16.8. The summed E-state index contributed by atoms with van der Waals surface area (Å²) < 4.78 is 10.8. The number of carbonyl (C=O) groups excluding carboxylic acids is 1. The molecule has 6 nitrogen and oxygen atoms in total. The van der Waals surface area contributed by atoms with Gasteiger partial charge in [0, 0.05) is 58.8 Å². The Morgan fingerprint density at radius 2 is 1.67 bits per heavy atom. The molecule has 6 heteroatoms. The smallest absolute Gasteiger partial charge is 0.231 e. The van der Waals surface area contributed by atoms with Crippen LogP contribution in [0, 0.1) is 0 Å². The maximum Gasteiger partial charge on any atom is 0.231 e. The quantitative estimate of drug-likeness (QED) is 0.664. The fourth-order valence-electron chi connectivity index (χ4n) is 3.78. The van der Waals surface area contributed by atoms with Crippen molar-refractivity contribution in [2.24, 2.45) is 0 Å². The van der Waals surface area contributed by atoms with Crippen molar-refractivity contribution in [3.05, 3.63) is 23.8 Å². The summed E-state index contributed by atoms with van der Waals surface area (Å²) in [4.78, 5) is 19.3. The van der Waals surface area contributed by atoms with E-state index in [2.05, 4.69) is 35.8 Å². The van der Waals surface area contributed by atoms with Crippen molar-refractivity contribution < 1.29 is 14.3 Å². The molecule has 150 valence electrons. The highest BCUT2D eigenvalue weighted by Crippen LogP contribution is 2.32. The summed E-state index contributed by atoms with van der Waals surface area (Å²) in [6, 6.07) is 6.20. The normalized spacial score (nSPS) is 17.3. The van der Waals surface area contributed by atoms with Crippen LogP contribution in [0.25, 0.3) is 0 Å². The van der Waals surface area contributed by atoms with E-state index in [-0.39, 0.29) is 0 Å². The van der Waals surface area contributed by atoms with Gasteiger partial charge in [0.2, 0.25) is 12.7 Å². The van der Waals surface area contributed by atoms with Crippen LogP contribution >= 0.6 is 0 Å². The van der Waals surface area contributed by atoms with Crippen LogP contribution in [0.1, 0.15) is 38.7 Å². The Kier molecular flexibility index (Phi) is 7.35. The van der Waals surface area contributed by atoms with Gasteiger partial charge in [-0.05, 0) is 30.5 Å². The molecule has 2 aliphatic heterocycles. The molecule has 0 unspecified atom stereocenters. The average Bonchev–Trinajstić information content (AvgIpc) is 3.15. The first-order valence-corrected chi connectivity index (χ1v) is 10.3. The Labute approximate surface area is 163 Å². The summed E-state index contributed by atoms with van der Waals surface area (Å²) in [6.07, 6.45) is 2.71. The van der Waals surface area contributed by atoms with Crippen molar-refractivity contribution >= 4 is 5.91 Å². The van der Waals surface area contributed by atoms with Crippen molar-refractivity contribution in [1.82, 2.24) is 14.7 Å². The Morgan fingerprint density at radius 1 is 1.00 bits per heavy atom. The fraction of sp³-hybridized carbons (Fsp3) is 0.667. The maximum absolute atomic E-state index is 12.4. The number of nitrogens with zero attached hydrogens (tertiary/aromatic N) is 3. The average molecular weight is 376 g/mol. The summed E-state index contributed by atoms with van der Waals surface area (Å²) >= 11 is 0. The van der Waals surface area contributed by atoms with Gasteiger partial charge in [-0.3, -0.25) is 9.69 Å². The van der Waals surface area contributed by atoms with Gasteiger partial charge in [0.1, 0.15) is 0 Å². The minimum Gasteiger partial charge on any atom is -0.454 e. The molecule has 0 saturated carbocycles. The van der Waals surface area contributed by atoms with Crippen LogP contribution < -0.4 is 9.47 Å². The highest BCUT2D eigenvalue weighted by Gasteiger charge is 2.20. The largest absolute Gasteiger partial charge is 0.454 e. The molecule has 3 rings (SSSR count). The molecule has 27 heavy (non-hydrogen) atoms. The zero-order chi connectivity index (χ0) is 19.1. The van der Waals surface area contributed by atoms with E-state index in [1.165, 1.54) is 5.56 Å². The first-order chi connectivity index (χ1) is 13.2. The molecule has 1 aromatic rings. The number of piperazine rings is 1. The minimum absolute atomic E-state index is 0.307. The third-order valence-corrected chi connectivity index (χ3v) is 5.29. The van der Waals surface area contributed by atoms with E-state index in [9.17, 15) is 4.79 Å². The molecule has 0 radical (unpaired) electrons. The number of hydrogen-bond donors (Lipinski definition) is 0. The number of benzene rings is 1. The molecular weight excluding hydrogens is 342 g/mol. The molecule has 0 aromatic heterocycles. The second-order valence-corrected chi connectivity index (χ2v) is 7.44. The fourth-order valence-corrected chi connectivity index (χ4v) is 3.78. The van der Waals surface area contributed by atoms with Gasteiger partial charge in [0.25, 0.3) is 0 Å². The molecule has 0 spiro atoms. The predicted molar refractivity (Wildman–Crippen MR) is 106 cm³/mol. The standard InChI is InChI=1S/C21H33N3O3/c1-3-8-24(9-4-2)21(25)7-10-22-11-13-23(14-12-22)16-18-5-6-19-20(15-18)27-17-26-19/h5-6,15H,3-4,7-14,16-17H2,1-2H3. The number of carbonyl (C=O) groups is 1.